The summed E-state index contributed by atoms with van der Waals surface area (Å²) in [5, 5.41) is 3.60. The molecule has 2 aromatic rings. The molecule has 1 atom stereocenters. The van der Waals surface area contributed by atoms with Gasteiger partial charge >= 0.3 is 0 Å². The van der Waals surface area contributed by atoms with Gasteiger partial charge < -0.3 is 10.2 Å². The van der Waals surface area contributed by atoms with Gasteiger partial charge in [-0.25, -0.2) is 4.98 Å². The number of para-hydroxylation sites is 1. The van der Waals surface area contributed by atoms with Crippen molar-refractivity contribution in [3.63, 3.8) is 0 Å². The Labute approximate surface area is 126 Å². The molecule has 1 unspecified atom stereocenters. The number of aromatic nitrogens is 2. The monoisotopic (exact) mass is 284 g/mol. The molecule has 1 saturated heterocycles. The summed E-state index contributed by atoms with van der Waals surface area (Å²) in [6.45, 7) is 6.46. The Morgan fingerprint density at radius 1 is 1.29 bits per heavy atom. The molecule has 1 fully saturated rings. The smallest absolute Gasteiger partial charge is 0.110 e. The van der Waals surface area contributed by atoms with Crippen LogP contribution >= 0.6 is 0 Å². The molecule has 1 aromatic carbocycles. The first-order chi connectivity index (χ1) is 10.2. The number of imidazole rings is 1. The van der Waals surface area contributed by atoms with Crippen LogP contribution in [0.1, 0.15) is 17.9 Å². The van der Waals surface area contributed by atoms with E-state index < -0.39 is 0 Å². The highest BCUT2D eigenvalue weighted by Crippen LogP contribution is 2.16. The molecule has 0 radical (unpaired) electrons. The minimum Gasteiger partial charge on any atom is -0.311 e. The quantitative estimate of drug-likeness (QED) is 0.914. The number of nitrogens with zero attached hydrogens (tertiary/aromatic N) is 3. The highest BCUT2D eigenvalue weighted by Gasteiger charge is 2.19. The molecular formula is C17H24N4. The number of rotatable bonds is 5. The number of hydrogen-bond donors (Lipinski definition) is 1. The Hall–Kier alpha value is -1.65. The minimum atomic E-state index is 0.782. The fourth-order valence-electron chi connectivity index (χ4n) is 3.14. The van der Waals surface area contributed by atoms with Crippen LogP contribution in [0.5, 0.6) is 0 Å². The third-order valence-corrected chi connectivity index (χ3v) is 4.25. The van der Waals surface area contributed by atoms with Gasteiger partial charge in [-0.1, -0.05) is 18.2 Å². The lowest BCUT2D eigenvalue weighted by Crippen LogP contribution is -2.25. The molecule has 112 valence electrons. The zero-order valence-electron chi connectivity index (χ0n) is 12.9. The Kier molecular flexibility index (Phi) is 4.36. The molecule has 3 rings (SSSR count). The van der Waals surface area contributed by atoms with Crippen molar-refractivity contribution < 1.29 is 0 Å². The van der Waals surface area contributed by atoms with Crippen molar-refractivity contribution in [1.82, 2.24) is 19.8 Å². The zero-order chi connectivity index (χ0) is 14.7. The van der Waals surface area contributed by atoms with Crippen LogP contribution in [0.3, 0.4) is 0 Å². The molecule has 4 heteroatoms. The van der Waals surface area contributed by atoms with Gasteiger partial charge in [-0.15, -0.1) is 0 Å². The van der Waals surface area contributed by atoms with Gasteiger partial charge in [-0.3, -0.25) is 4.57 Å². The van der Waals surface area contributed by atoms with Crippen molar-refractivity contribution in [2.45, 2.75) is 19.9 Å². The largest absolute Gasteiger partial charge is 0.311 e. The van der Waals surface area contributed by atoms with E-state index in [4.69, 9.17) is 0 Å². The van der Waals surface area contributed by atoms with Gasteiger partial charge in [0.05, 0.1) is 11.9 Å². The van der Waals surface area contributed by atoms with Crippen molar-refractivity contribution in [2.75, 3.05) is 26.7 Å². The summed E-state index contributed by atoms with van der Waals surface area (Å²) in [6, 6.07) is 10.4. The van der Waals surface area contributed by atoms with E-state index in [0.29, 0.717) is 0 Å². The predicted octanol–water partition coefficient (Wildman–Crippen LogP) is 2.22. The van der Waals surface area contributed by atoms with Crippen molar-refractivity contribution >= 4 is 0 Å². The van der Waals surface area contributed by atoms with Crippen LogP contribution in [0.15, 0.2) is 36.5 Å². The number of benzene rings is 1. The van der Waals surface area contributed by atoms with E-state index in [9.17, 15) is 0 Å². The SMILES string of the molecule is Cc1ncc(CNCC2CCN(C)C2)n1-c1ccccc1. The first kappa shape index (κ1) is 14.3. The van der Waals surface area contributed by atoms with E-state index in [1.807, 2.05) is 12.3 Å². The molecule has 1 aromatic heterocycles. The first-order valence-electron chi connectivity index (χ1n) is 7.72. The predicted molar refractivity (Wildman–Crippen MR) is 85.6 cm³/mol. The fraction of sp³-hybridized carbons (Fsp3) is 0.471. The van der Waals surface area contributed by atoms with Crippen molar-refractivity contribution in [1.29, 1.82) is 0 Å². The molecule has 1 N–H and O–H groups in total. The molecule has 0 aliphatic carbocycles. The molecular weight excluding hydrogens is 260 g/mol. The fourth-order valence-corrected chi connectivity index (χ4v) is 3.14. The number of likely N-dealkylation sites (tertiary alicyclic amines) is 1. The third-order valence-electron chi connectivity index (χ3n) is 4.25. The molecule has 0 amide bonds. The van der Waals surface area contributed by atoms with E-state index in [0.717, 1.165) is 24.8 Å². The van der Waals surface area contributed by atoms with Gasteiger partial charge in [-0.2, -0.15) is 0 Å². The van der Waals surface area contributed by atoms with Crippen LogP contribution < -0.4 is 5.32 Å². The molecule has 1 aliphatic heterocycles. The molecule has 4 nitrogen and oxygen atoms in total. The normalized spacial score (nSPS) is 19.2. The standard InChI is InChI=1S/C17H24N4/c1-14-19-12-17(21(14)16-6-4-3-5-7-16)11-18-10-15-8-9-20(2)13-15/h3-7,12,15,18H,8-11,13H2,1-2H3. The zero-order valence-corrected chi connectivity index (χ0v) is 12.9. The average Bonchev–Trinajstić information content (AvgIpc) is 3.06. The summed E-state index contributed by atoms with van der Waals surface area (Å²) in [6.07, 6.45) is 3.29. The van der Waals surface area contributed by atoms with Gasteiger partial charge in [0.2, 0.25) is 0 Å². The molecule has 0 saturated carbocycles. The van der Waals surface area contributed by atoms with Crippen molar-refractivity contribution in [3.8, 4) is 5.69 Å². The highest BCUT2D eigenvalue weighted by atomic mass is 15.1. The second-order valence-corrected chi connectivity index (χ2v) is 6.02. The van der Waals surface area contributed by atoms with Gasteiger partial charge in [0.1, 0.15) is 5.82 Å². The molecule has 2 heterocycles. The second kappa shape index (κ2) is 6.41. The van der Waals surface area contributed by atoms with Gasteiger partial charge in [-0.05, 0) is 51.5 Å². The van der Waals surface area contributed by atoms with Crippen LogP contribution in [0.25, 0.3) is 5.69 Å². The number of aryl methyl sites for hydroxylation is 1. The minimum absolute atomic E-state index is 0.782. The Balaban J connectivity index is 1.64. The van der Waals surface area contributed by atoms with Crippen LogP contribution in [0.4, 0.5) is 0 Å². The molecule has 0 spiro atoms. The topological polar surface area (TPSA) is 33.1 Å². The van der Waals surface area contributed by atoms with Crippen molar-refractivity contribution in [3.05, 3.63) is 48.0 Å². The van der Waals surface area contributed by atoms with Crippen molar-refractivity contribution in [2.24, 2.45) is 5.92 Å². The van der Waals surface area contributed by atoms with Crippen LogP contribution in [0.2, 0.25) is 0 Å². The molecule has 21 heavy (non-hydrogen) atoms. The van der Waals surface area contributed by atoms with Crippen LogP contribution in [-0.2, 0) is 6.54 Å². The maximum absolute atomic E-state index is 4.47. The Morgan fingerprint density at radius 3 is 2.81 bits per heavy atom. The number of hydrogen-bond acceptors (Lipinski definition) is 3. The van der Waals surface area contributed by atoms with Crippen LogP contribution in [0, 0.1) is 12.8 Å². The maximum Gasteiger partial charge on any atom is 0.110 e. The summed E-state index contributed by atoms with van der Waals surface area (Å²) in [5.41, 5.74) is 2.41. The average molecular weight is 284 g/mol. The summed E-state index contributed by atoms with van der Waals surface area (Å²) in [7, 11) is 2.20. The third kappa shape index (κ3) is 3.34. The van der Waals surface area contributed by atoms with E-state index in [1.165, 1.54) is 30.9 Å². The van der Waals surface area contributed by atoms with Gasteiger partial charge in [0, 0.05) is 18.8 Å². The second-order valence-electron chi connectivity index (χ2n) is 6.02. The Morgan fingerprint density at radius 2 is 2.10 bits per heavy atom. The first-order valence-corrected chi connectivity index (χ1v) is 7.72. The lowest BCUT2D eigenvalue weighted by Gasteiger charge is -2.14. The number of nitrogens with one attached hydrogen (secondary N) is 1. The lowest BCUT2D eigenvalue weighted by atomic mass is 10.1. The molecule has 0 bridgehead atoms. The highest BCUT2D eigenvalue weighted by molar-refractivity contribution is 5.35. The summed E-state index contributed by atoms with van der Waals surface area (Å²) in [5.74, 6) is 1.82. The summed E-state index contributed by atoms with van der Waals surface area (Å²) < 4.78 is 2.23. The van der Waals surface area contributed by atoms with Gasteiger partial charge in [0.15, 0.2) is 0 Å². The van der Waals surface area contributed by atoms with E-state index in [2.05, 4.69) is 58.0 Å². The molecule has 1 aliphatic rings. The summed E-state index contributed by atoms with van der Waals surface area (Å²) in [4.78, 5) is 6.88. The van der Waals surface area contributed by atoms with Crippen LogP contribution in [-0.4, -0.2) is 41.1 Å². The van der Waals surface area contributed by atoms with Gasteiger partial charge in [0.25, 0.3) is 0 Å². The van der Waals surface area contributed by atoms with E-state index in [-0.39, 0.29) is 0 Å². The Bertz CT molecular complexity index is 576. The van der Waals surface area contributed by atoms with E-state index in [1.54, 1.807) is 0 Å². The lowest BCUT2D eigenvalue weighted by molar-refractivity contribution is 0.387. The van der Waals surface area contributed by atoms with E-state index >= 15 is 0 Å². The maximum atomic E-state index is 4.47. The summed E-state index contributed by atoms with van der Waals surface area (Å²) >= 11 is 0.